The number of aromatic nitrogens is 1. The molecule has 1 aliphatic carbocycles. The molecule has 1 aliphatic rings. The Morgan fingerprint density at radius 3 is 2.76 bits per heavy atom. The summed E-state index contributed by atoms with van der Waals surface area (Å²) in [6.45, 7) is 2.29. The maximum atomic E-state index is 8.79. The van der Waals surface area contributed by atoms with Gasteiger partial charge in [0.15, 0.2) is 0 Å². The fraction of sp³-hybridized carbons (Fsp3) is 0.294. The quantitative estimate of drug-likeness (QED) is 0.783. The second-order valence-corrected chi connectivity index (χ2v) is 5.20. The molecule has 1 heterocycles. The van der Waals surface area contributed by atoms with Crippen molar-refractivity contribution in [3.8, 4) is 17.9 Å². The molecule has 0 saturated heterocycles. The Hall–Kier alpha value is -2.54. The predicted molar refractivity (Wildman–Crippen MR) is 78.0 cm³/mol. The number of benzene rings is 1. The van der Waals surface area contributed by atoms with Crippen LogP contribution in [0, 0.1) is 18.4 Å². The van der Waals surface area contributed by atoms with Crippen molar-refractivity contribution in [1.29, 1.82) is 5.26 Å². The second-order valence-electron chi connectivity index (χ2n) is 5.20. The number of ether oxygens (including phenoxy) is 2. The molecule has 2 aromatic rings. The van der Waals surface area contributed by atoms with Crippen LogP contribution in [0.2, 0.25) is 0 Å². The topological polar surface area (TPSA) is 55.1 Å². The van der Waals surface area contributed by atoms with Gasteiger partial charge in [-0.1, -0.05) is 18.2 Å². The van der Waals surface area contributed by atoms with Crippen molar-refractivity contribution >= 4 is 0 Å². The first-order valence-electron chi connectivity index (χ1n) is 7.02. The van der Waals surface area contributed by atoms with Crippen molar-refractivity contribution in [3.63, 3.8) is 0 Å². The first-order chi connectivity index (χ1) is 10.3. The summed E-state index contributed by atoms with van der Waals surface area (Å²) in [5.41, 5.74) is 3.08. The minimum absolute atomic E-state index is 0.361. The van der Waals surface area contributed by atoms with Crippen LogP contribution >= 0.6 is 0 Å². The van der Waals surface area contributed by atoms with E-state index in [0.717, 1.165) is 11.3 Å². The summed E-state index contributed by atoms with van der Waals surface area (Å²) in [6, 6.07) is 11.5. The van der Waals surface area contributed by atoms with Gasteiger partial charge in [-0.2, -0.15) is 0 Å². The molecule has 3 rings (SSSR count). The maximum Gasteiger partial charge on any atom is 0.292 e. The Bertz CT molecular complexity index is 687. The number of hydrogen-bond acceptors (Lipinski definition) is 4. The Labute approximate surface area is 124 Å². The van der Waals surface area contributed by atoms with E-state index >= 15 is 0 Å². The lowest BCUT2D eigenvalue weighted by atomic mass is 10.0. The van der Waals surface area contributed by atoms with Crippen molar-refractivity contribution < 1.29 is 9.47 Å². The van der Waals surface area contributed by atoms with E-state index in [1.807, 2.05) is 31.2 Å². The van der Waals surface area contributed by atoms with E-state index in [9.17, 15) is 0 Å². The summed E-state index contributed by atoms with van der Waals surface area (Å²) in [5.74, 6) is 1.73. The Kier molecular flexibility index (Phi) is 3.74. The van der Waals surface area contributed by atoms with Crippen LogP contribution in [0.1, 0.15) is 35.6 Å². The van der Waals surface area contributed by atoms with Gasteiger partial charge in [0, 0.05) is 17.3 Å². The zero-order valence-corrected chi connectivity index (χ0v) is 11.9. The van der Waals surface area contributed by atoms with Crippen LogP contribution in [0.4, 0.5) is 0 Å². The molecule has 0 aliphatic heterocycles. The lowest BCUT2D eigenvalue weighted by Crippen LogP contribution is -2.03. The highest BCUT2D eigenvalue weighted by molar-refractivity contribution is 5.44. The summed E-state index contributed by atoms with van der Waals surface area (Å²) in [7, 11) is 0. The number of rotatable bonds is 5. The van der Waals surface area contributed by atoms with E-state index in [1.165, 1.54) is 18.4 Å². The van der Waals surface area contributed by atoms with E-state index in [1.54, 1.807) is 12.3 Å². The molecular formula is C17H16N2O2. The van der Waals surface area contributed by atoms with Gasteiger partial charge in [0.2, 0.25) is 5.88 Å². The minimum Gasteiger partial charge on any atom is -0.473 e. The minimum atomic E-state index is 0.361. The first kappa shape index (κ1) is 13.4. The monoisotopic (exact) mass is 280 g/mol. The molecule has 0 amide bonds. The lowest BCUT2D eigenvalue weighted by Gasteiger charge is -2.13. The molecule has 4 nitrogen and oxygen atoms in total. The van der Waals surface area contributed by atoms with Crippen molar-refractivity contribution in [2.24, 2.45) is 0 Å². The van der Waals surface area contributed by atoms with Crippen molar-refractivity contribution in [1.82, 2.24) is 4.98 Å². The number of pyridine rings is 1. The van der Waals surface area contributed by atoms with Gasteiger partial charge in [-0.25, -0.2) is 4.98 Å². The molecule has 0 radical (unpaired) electrons. The molecular weight excluding hydrogens is 264 g/mol. The molecule has 106 valence electrons. The molecule has 1 fully saturated rings. The van der Waals surface area contributed by atoms with Crippen LogP contribution < -0.4 is 9.47 Å². The molecule has 0 bridgehead atoms. The van der Waals surface area contributed by atoms with Gasteiger partial charge in [0.05, 0.1) is 0 Å². The lowest BCUT2D eigenvalue weighted by molar-refractivity contribution is 0.287. The van der Waals surface area contributed by atoms with Crippen molar-refractivity contribution in [3.05, 3.63) is 53.2 Å². The molecule has 0 N–H and O–H groups in total. The summed E-state index contributed by atoms with van der Waals surface area (Å²) in [6.07, 6.45) is 4.12. The molecule has 4 heteroatoms. The van der Waals surface area contributed by atoms with Gasteiger partial charge >= 0.3 is 0 Å². The highest BCUT2D eigenvalue weighted by Gasteiger charge is 2.27. The SMILES string of the molecule is Cc1cccc(OCc2c(OC#N)cccc2C2CC2)n1. The van der Waals surface area contributed by atoms with Gasteiger partial charge < -0.3 is 9.47 Å². The average Bonchev–Trinajstić information content (AvgIpc) is 3.31. The number of aryl methyl sites for hydroxylation is 1. The Morgan fingerprint density at radius 1 is 1.24 bits per heavy atom. The predicted octanol–water partition coefficient (Wildman–Crippen LogP) is 3.71. The molecule has 0 unspecified atom stereocenters. The standard InChI is InChI=1S/C17H16N2O2/c1-12-4-2-7-17(19-12)20-10-15-14(13-8-9-13)5-3-6-16(15)21-11-18/h2-7,13H,8-10H2,1H3. The van der Waals surface area contributed by atoms with Gasteiger partial charge in [-0.15, -0.1) is 5.26 Å². The van der Waals surface area contributed by atoms with Gasteiger partial charge in [-0.05, 0) is 43.4 Å². The zero-order valence-electron chi connectivity index (χ0n) is 11.9. The van der Waals surface area contributed by atoms with Crippen LogP contribution in [-0.2, 0) is 6.61 Å². The third-order valence-electron chi connectivity index (χ3n) is 3.57. The average molecular weight is 280 g/mol. The van der Waals surface area contributed by atoms with Crippen LogP contribution in [0.15, 0.2) is 36.4 Å². The molecule has 1 aromatic carbocycles. The van der Waals surface area contributed by atoms with Crippen LogP contribution in [0.3, 0.4) is 0 Å². The van der Waals surface area contributed by atoms with E-state index in [2.05, 4.69) is 11.1 Å². The molecule has 1 saturated carbocycles. The summed E-state index contributed by atoms with van der Waals surface area (Å²) in [5, 5.41) is 8.79. The second kappa shape index (κ2) is 5.84. The summed E-state index contributed by atoms with van der Waals surface area (Å²) in [4.78, 5) is 4.33. The van der Waals surface area contributed by atoms with E-state index in [4.69, 9.17) is 14.7 Å². The number of nitriles is 1. The van der Waals surface area contributed by atoms with Gasteiger partial charge in [-0.3, -0.25) is 0 Å². The maximum absolute atomic E-state index is 8.79. The van der Waals surface area contributed by atoms with Crippen LogP contribution in [0.25, 0.3) is 0 Å². The van der Waals surface area contributed by atoms with Crippen molar-refractivity contribution in [2.45, 2.75) is 32.3 Å². The van der Waals surface area contributed by atoms with Gasteiger partial charge in [0.25, 0.3) is 6.26 Å². The Morgan fingerprint density at radius 2 is 2.05 bits per heavy atom. The van der Waals surface area contributed by atoms with Crippen LogP contribution in [0.5, 0.6) is 11.6 Å². The third-order valence-corrected chi connectivity index (χ3v) is 3.57. The fourth-order valence-electron chi connectivity index (χ4n) is 2.40. The van der Waals surface area contributed by atoms with Crippen LogP contribution in [-0.4, -0.2) is 4.98 Å². The van der Waals surface area contributed by atoms with E-state index in [0.29, 0.717) is 24.2 Å². The fourth-order valence-corrected chi connectivity index (χ4v) is 2.40. The molecule has 21 heavy (non-hydrogen) atoms. The highest BCUT2D eigenvalue weighted by atomic mass is 16.5. The largest absolute Gasteiger partial charge is 0.473 e. The van der Waals surface area contributed by atoms with E-state index in [-0.39, 0.29) is 0 Å². The third kappa shape index (κ3) is 3.14. The van der Waals surface area contributed by atoms with E-state index < -0.39 is 0 Å². The normalized spacial score (nSPS) is 13.5. The molecule has 0 spiro atoms. The van der Waals surface area contributed by atoms with Crippen molar-refractivity contribution in [2.75, 3.05) is 0 Å². The summed E-state index contributed by atoms with van der Waals surface area (Å²) >= 11 is 0. The number of hydrogen-bond donors (Lipinski definition) is 0. The Balaban J connectivity index is 1.84. The first-order valence-corrected chi connectivity index (χ1v) is 7.02. The van der Waals surface area contributed by atoms with Gasteiger partial charge in [0.1, 0.15) is 12.4 Å². The smallest absolute Gasteiger partial charge is 0.292 e. The molecule has 1 aromatic heterocycles. The molecule has 0 atom stereocenters. The number of nitrogens with zero attached hydrogens (tertiary/aromatic N) is 2. The highest BCUT2D eigenvalue weighted by Crippen LogP contribution is 2.43. The summed E-state index contributed by atoms with van der Waals surface area (Å²) < 4.78 is 10.9. The zero-order chi connectivity index (χ0) is 14.7.